The monoisotopic (exact) mass is 297 g/mol. The maximum absolute atomic E-state index is 13.1. The van der Waals surface area contributed by atoms with Crippen LogP contribution < -0.4 is 5.32 Å². The molecule has 0 saturated carbocycles. The molecule has 0 aliphatic carbocycles. The summed E-state index contributed by atoms with van der Waals surface area (Å²) in [6.07, 6.45) is 2.71. The minimum Gasteiger partial charge on any atom is -0.339 e. The molecule has 1 aromatic heterocycles. The highest BCUT2D eigenvalue weighted by atomic mass is 35.5. The fourth-order valence-electron chi connectivity index (χ4n) is 2.40. The van der Waals surface area contributed by atoms with Crippen molar-refractivity contribution >= 4 is 12.4 Å². The Hall–Kier alpha value is -1.46. The minimum absolute atomic E-state index is 0. The molecule has 1 aliphatic rings. The first-order valence-electron chi connectivity index (χ1n) is 6.59. The van der Waals surface area contributed by atoms with Gasteiger partial charge in [-0.1, -0.05) is 17.3 Å². The van der Waals surface area contributed by atoms with Gasteiger partial charge in [-0.3, -0.25) is 0 Å². The predicted octanol–water partition coefficient (Wildman–Crippen LogP) is 2.69. The van der Waals surface area contributed by atoms with Crippen LogP contribution in [-0.4, -0.2) is 23.2 Å². The Balaban J connectivity index is 0.00000147. The summed E-state index contributed by atoms with van der Waals surface area (Å²) in [5, 5.41) is 7.30. The number of nitrogens with one attached hydrogen (secondary N) is 1. The van der Waals surface area contributed by atoms with Crippen LogP contribution in [0.3, 0.4) is 0 Å². The lowest BCUT2D eigenvalue weighted by molar-refractivity contribution is 0.320. The number of benzene rings is 1. The molecule has 0 bridgehead atoms. The molecule has 0 amide bonds. The third-order valence-electron chi connectivity index (χ3n) is 3.38. The zero-order valence-corrected chi connectivity index (χ0v) is 11.8. The normalized spacial score (nSPS) is 18.6. The Morgan fingerprint density at radius 3 is 3.05 bits per heavy atom. The third kappa shape index (κ3) is 3.55. The molecule has 0 spiro atoms. The molecular formula is C14H17ClFN3O. The molecule has 2 aromatic rings. The summed E-state index contributed by atoms with van der Waals surface area (Å²) in [6.45, 7) is 1.95. The van der Waals surface area contributed by atoms with Crippen molar-refractivity contribution in [2.24, 2.45) is 0 Å². The summed E-state index contributed by atoms with van der Waals surface area (Å²) < 4.78 is 18.4. The number of nitrogens with zero attached hydrogens (tertiary/aromatic N) is 2. The largest absolute Gasteiger partial charge is 0.339 e. The first kappa shape index (κ1) is 14.9. The van der Waals surface area contributed by atoms with Crippen molar-refractivity contribution in [3.05, 3.63) is 47.4 Å². The van der Waals surface area contributed by atoms with Crippen LogP contribution in [0, 0.1) is 5.82 Å². The molecule has 1 atom stereocenters. The van der Waals surface area contributed by atoms with Crippen molar-refractivity contribution in [1.29, 1.82) is 0 Å². The van der Waals surface area contributed by atoms with E-state index in [1.807, 2.05) is 6.07 Å². The molecule has 1 unspecified atom stereocenters. The van der Waals surface area contributed by atoms with Gasteiger partial charge in [-0.15, -0.1) is 12.4 Å². The van der Waals surface area contributed by atoms with Crippen LogP contribution >= 0.6 is 12.4 Å². The Kier molecular flexibility index (Phi) is 5.09. The zero-order chi connectivity index (χ0) is 13.1. The Labute approximate surface area is 123 Å². The quantitative estimate of drug-likeness (QED) is 0.946. The SMILES string of the molecule is Cl.Fc1cccc(Cc2noc(C3CCCNC3)n2)c1. The van der Waals surface area contributed by atoms with Gasteiger partial charge in [0, 0.05) is 13.0 Å². The third-order valence-corrected chi connectivity index (χ3v) is 3.38. The van der Waals surface area contributed by atoms with Crippen LogP contribution in [0.1, 0.15) is 36.0 Å². The zero-order valence-electron chi connectivity index (χ0n) is 11.0. The van der Waals surface area contributed by atoms with E-state index in [0.717, 1.165) is 31.5 Å². The van der Waals surface area contributed by atoms with E-state index in [-0.39, 0.29) is 18.2 Å². The molecule has 108 valence electrons. The van der Waals surface area contributed by atoms with Gasteiger partial charge in [-0.2, -0.15) is 4.98 Å². The van der Waals surface area contributed by atoms with Gasteiger partial charge in [0.2, 0.25) is 5.89 Å². The molecule has 1 aromatic carbocycles. The first-order chi connectivity index (χ1) is 9.31. The molecule has 1 fully saturated rings. The van der Waals surface area contributed by atoms with Crippen molar-refractivity contribution in [3.63, 3.8) is 0 Å². The molecule has 20 heavy (non-hydrogen) atoms. The van der Waals surface area contributed by atoms with E-state index in [1.54, 1.807) is 6.07 Å². The number of piperidine rings is 1. The van der Waals surface area contributed by atoms with Crippen molar-refractivity contribution in [2.45, 2.75) is 25.2 Å². The van der Waals surface area contributed by atoms with Crippen LogP contribution in [0.25, 0.3) is 0 Å². The maximum atomic E-state index is 13.1. The fourth-order valence-corrected chi connectivity index (χ4v) is 2.40. The Morgan fingerprint density at radius 2 is 2.30 bits per heavy atom. The summed E-state index contributed by atoms with van der Waals surface area (Å²) in [7, 11) is 0. The van der Waals surface area contributed by atoms with E-state index in [0.29, 0.717) is 24.1 Å². The van der Waals surface area contributed by atoms with Gasteiger partial charge in [-0.25, -0.2) is 4.39 Å². The molecule has 0 radical (unpaired) electrons. The molecule has 6 heteroatoms. The number of hydrogen-bond donors (Lipinski definition) is 1. The molecule has 1 aliphatic heterocycles. The summed E-state index contributed by atoms with van der Waals surface area (Å²) in [5.74, 6) is 1.38. The Bertz CT molecular complexity index is 555. The predicted molar refractivity (Wildman–Crippen MR) is 75.6 cm³/mol. The van der Waals surface area contributed by atoms with Gasteiger partial charge in [0.25, 0.3) is 0 Å². The van der Waals surface area contributed by atoms with Crippen molar-refractivity contribution < 1.29 is 8.91 Å². The van der Waals surface area contributed by atoms with Crippen molar-refractivity contribution in [1.82, 2.24) is 15.5 Å². The number of aromatic nitrogens is 2. The number of rotatable bonds is 3. The maximum Gasteiger partial charge on any atom is 0.231 e. The molecule has 1 N–H and O–H groups in total. The van der Waals surface area contributed by atoms with Crippen LogP contribution in [0.15, 0.2) is 28.8 Å². The van der Waals surface area contributed by atoms with Crippen LogP contribution in [0.2, 0.25) is 0 Å². The molecule has 2 heterocycles. The average molecular weight is 298 g/mol. The lowest BCUT2D eigenvalue weighted by atomic mass is 10.00. The van der Waals surface area contributed by atoms with E-state index in [4.69, 9.17) is 4.52 Å². The van der Waals surface area contributed by atoms with Crippen molar-refractivity contribution in [2.75, 3.05) is 13.1 Å². The van der Waals surface area contributed by atoms with Crippen LogP contribution in [-0.2, 0) is 6.42 Å². The van der Waals surface area contributed by atoms with Gasteiger partial charge in [0.05, 0.1) is 5.92 Å². The lowest BCUT2D eigenvalue weighted by Crippen LogP contribution is -2.28. The minimum atomic E-state index is -0.238. The van der Waals surface area contributed by atoms with Crippen molar-refractivity contribution in [3.8, 4) is 0 Å². The van der Waals surface area contributed by atoms with E-state index < -0.39 is 0 Å². The van der Waals surface area contributed by atoms with Gasteiger partial charge in [0.15, 0.2) is 5.82 Å². The van der Waals surface area contributed by atoms with E-state index in [1.165, 1.54) is 12.1 Å². The molecule has 3 rings (SSSR count). The Morgan fingerprint density at radius 1 is 1.40 bits per heavy atom. The van der Waals surface area contributed by atoms with Gasteiger partial charge >= 0.3 is 0 Å². The highest BCUT2D eigenvalue weighted by Crippen LogP contribution is 2.21. The average Bonchev–Trinajstić information content (AvgIpc) is 2.88. The topological polar surface area (TPSA) is 51.0 Å². The van der Waals surface area contributed by atoms with E-state index in [9.17, 15) is 4.39 Å². The molecular weight excluding hydrogens is 281 g/mol. The second-order valence-electron chi connectivity index (χ2n) is 4.90. The molecule has 1 saturated heterocycles. The van der Waals surface area contributed by atoms with Crippen LogP contribution in [0.4, 0.5) is 4.39 Å². The van der Waals surface area contributed by atoms with Gasteiger partial charge < -0.3 is 9.84 Å². The lowest BCUT2D eigenvalue weighted by Gasteiger charge is -2.18. The van der Waals surface area contributed by atoms with Gasteiger partial charge in [0.1, 0.15) is 5.82 Å². The van der Waals surface area contributed by atoms with Gasteiger partial charge in [-0.05, 0) is 37.1 Å². The fraction of sp³-hybridized carbons (Fsp3) is 0.429. The summed E-state index contributed by atoms with van der Waals surface area (Å²) >= 11 is 0. The van der Waals surface area contributed by atoms with E-state index in [2.05, 4.69) is 15.5 Å². The first-order valence-corrected chi connectivity index (χ1v) is 6.59. The molecule has 4 nitrogen and oxygen atoms in total. The number of hydrogen-bond acceptors (Lipinski definition) is 4. The smallest absolute Gasteiger partial charge is 0.231 e. The highest BCUT2D eigenvalue weighted by molar-refractivity contribution is 5.85. The van der Waals surface area contributed by atoms with E-state index >= 15 is 0 Å². The van der Waals surface area contributed by atoms with Crippen LogP contribution in [0.5, 0.6) is 0 Å². The summed E-state index contributed by atoms with van der Waals surface area (Å²) in [4.78, 5) is 4.42. The summed E-state index contributed by atoms with van der Waals surface area (Å²) in [6, 6.07) is 6.48. The number of halogens is 2. The second-order valence-corrected chi connectivity index (χ2v) is 4.90. The highest BCUT2D eigenvalue weighted by Gasteiger charge is 2.21. The standard InChI is InChI=1S/C14H16FN3O.ClH/c15-12-5-1-3-10(7-12)8-13-17-14(19-18-13)11-4-2-6-16-9-11;/h1,3,5,7,11,16H,2,4,6,8-9H2;1H. The summed E-state index contributed by atoms with van der Waals surface area (Å²) in [5.41, 5.74) is 0.856. The second kappa shape index (κ2) is 6.81.